The van der Waals surface area contributed by atoms with Crippen molar-refractivity contribution in [2.45, 2.75) is 12.5 Å². The number of anilines is 2. The summed E-state index contributed by atoms with van der Waals surface area (Å²) in [6.45, 7) is 0.631. The van der Waals surface area contributed by atoms with Crippen LogP contribution in [0.3, 0.4) is 0 Å². The molecule has 1 unspecified atom stereocenters. The number of fused-ring (bicyclic) bond motifs is 2. The summed E-state index contributed by atoms with van der Waals surface area (Å²) < 4.78 is 16.8. The first-order chi connectivity index (χ1) is 16.1. The first kappa shape index (κ1) is 20.6. The molecule has 1 fully saturated rings. The fourth-order valence-corrected chi connectivity index (χ4v) is 4.13. The van der Waals surface area contributed by atoms with Crippen molar-refractivity contribution in [2.75, 3.05) is 31.4 Å². The molecule has 1 atom stereocenters. The van der Waals surface area contributed by atoms with Crippen LogP contribution in [0.25, 0.3) is 0 Å². The molecule has 0 radical (unpaired) electrons. The number of nitrogen functional groups attached to an aromatic ring is 1. The Kier molecular flexibility index (Phi) is 5.21. The number of amides is 1. The maximum absolute atomic E-state index is 13.2. The van der Waals surface area contributed by atoms with Crippen molar-refractivity contribution in [3.8, 4) is 23.0 Å². The lowest BCUT2D eigenvalue weighted by Gasteiger charge is -2.30. The zero-order chi connectivity index (χ0) is 22.9. The molecule has 3 aromatic rings. The standard InChI is InChI=1S/C24H23N5O4/c1-31-20-10-23(25)27-11-19(20)28-13-16-8-15(28)14-29(16)24(30)18-9-21(32-2)22(12-26-18)33-17-6-4-3-5-7-17/h3-7,9-12,14,16H,8,13H2,1-2H3,(H2,25,27). The van der Waals surface area contributed by atoms with Crippen molar-refractivity contribution in [3.63, 3.8) is 0 Å². The minimum atomic E-state index is -0.193. The topological polar surface area (TPSA) is 103 Å². The van der Waals surface area contributed by atoms with Gasteiger partial charge in [0.15, 0.2) is 11.5 Å². The Balaban J connectivity index is 1.36. The highest BCUT2D eigenvalue weighted by Crippen LogP contribution is 2.41. The molecule has 9 heteroatoms. The van der Waals surface area contributed by atoms with Crippen LogP contribution in [0.1, 0.15) is 16.9 Å². The molecule has 2 aromatic heterocycles. The molecule has 0 saturated carbocycles. The molecule has 2 bridgehead atoms. The van der Waals surface area contributed by atoms with Crippen LogP contribution >= 0.6 is 0 Å². The molecular formula is C24H23N5O4. The Labute approximate surface area is 191 Å². The number of nitrogens with zero attached hydrogens (tertiary/aromatic N) is 4. The molecule has 168 valence electrons. The molecule has 33 heavy (non-hydrogen) atoms. The number of hydrogen-bond donors (Lipinski definition) is 1. The lowest BCUT2D eigenvalue weighted by Crippen LogP contribution is -2.40. The average molecular weight is 445 g/mol. The van der Waals surface area contributed by atoms with Gasteiger partial charge in [0.25, 0.3) is 5.91 Å². The largest absolute Gasteiger partial charge is 0.494 e. The van der Waals surface area contributed by atoms with Gasteiger partial charge < -0.3 is 29.7 Å². The average Bonchev–Trinajstić information content (AvgIpc) is 3.45. The number of carbonyl (C=O) groups is 1. The van der Waals surface area contributed by atoms with Crippen LogP contribution in [0.4, 0.5) is 11.5 Å². The van der Waals surface area contributed by atoms with E-state index in [1.165, 1.54) is 13.3 Å². The number of methoxy groups -OCH3 is 2. The second-order valence-electron chi connectivity index (χ2n) is 7.72. The van der Waals surface area contributed by atoms with Crippen molar-refractivity contribution in [3.05, 3.63) is 72.4 Å². The molecule has 2 aliphatic rings. The quantitative estimate of drug-likeness (QED) is 0.616. The minimum Gasteiger partial charge on any atom is -0.494 e. The van der Waals surface area contributed by atoms with Gasteiger partial charge in [-0.05, 0) is 12.1 Å². The highest BCUT2D eigenvalue weighted by Gasteiger charge is 2.41. The van der Waals surface area contributed by atoms with E-state index in [1.54, 1.807) is 30.3 Å². The van der Waals surface area contributed by atoms with Gasteiger partial charge in [-0.1, -0.05) is 18.2 Å². The number of hydrogen-bond acceptors (Lipinski definition) is 8. The van der Waals surface area contributed by atoms with Crippen LogP contribution in [0.15, 0.2) is 66.8 Å². The lowest BCUT2D eigenvalue weighted by atomic mass is 10.2. The third kappa shape index (κ3) is 3.78. The molecule has 1 saturated heterocycles. The first-order valence-corrected chi connectivity index (χ1v) is 10.4. The Morgan fingerprint density at radius 1 is 1.03 bits per heavy atom. The molecule has 0 spiro atoms. The van der Waals surface area contributed by atoms with E-state index in [0.717, 1.165) is 17.8 Å². The molecule has 0 aliphatic carbocycles. The number of nitrogens with two attached hydrogens (primary N) is 1. The number of benzene rings is 1. The summed E-state index contributed by atoms with van der Waals surface area (Å²) >= 11 is 0. The number of pyridine rings is 2. The lowest BCUT2D eigenvalue weighted by molar-refractivity contribution is 0.0783. The summed E-state index contributed by atoms with van der Waals surface area (Å²) in [6.07, 6.45) is 5.80. The summed E-state index contributed by atoms with van der Waals surface area (Å²) in [5.41, 5.74) is 7.90. The zero-order valence-electron chi connectivity index (χ0n) is 18.3. The highest BCUT2D eigenvalue weighted by molar-refractivity contribution is 5.94. The van der Waals surface area contributed by atoms with Gasteiger partial charge in [0.1, 0.15) is 28.7 Å². The van der Waals surface area contributed by atoms with E-state index in [1.807, 2.05) is 36.5 Å². The Hall–Kier alpha value is -4.27. The molecule has 1 amide bonds. The Morgan fingerprint density at radius 2 is 1.82 bits per heavy atom. The monoisotopic (exact) mass is 445 g/mol. The van der Waals surface area contributed by atoms with E-state index in [4.69, 9.17) is 19.9 Å². The SMILES string of the molecule is COc1cc(C(=O)N2C=C3CC2CN3c2cnc(N)cc2OC)ncc1Oc1ccccc1. The van der Waals surface area contributed by atoms with Crippen molar-refractivity contribution in [1.82, 2.24) is 14.9 Å². The van der Waals surface area contributed by atoms with E-state index in [9.17, 15) is 4.79 Å². The van der Waals surface area contributed by atoms with Gasteiger partial charge in [-0.15, -0.1) is 0 Å². The second kappa shape index (κ2) is 8.34. The van der Waals surface area contributed by atoms with Gasteiger partial charge in [-0.3, -0.25) is 4.79 Å². The maximum Gasteiger partial charge on any atom is 0.276 e. The number of rotatable bonds is 6. The summed E-state index contributed by atoms with van der Waals surface area (Å²) in [6, 6.07) is 12.6. The van der Waals surface area contributed by atoms with Crippen molar-refractivity contribution in [1.29, 1.82) is 0 Å². The maximum atomic E-state index is 13.2. The molecule has 2 aliphatic heterocycles. The van der Waals surface area contributed by atoms with Crippen LogP contribution in [0.5, 0.6) is 23.0 Å². The molecule has 9 nitrogen and oxygen atoms in total. The van der Waals surface area contributed by atoms with Gasteiger partial charge in [0, 0.05) is 37.0 Å². The predicted molar refractivity (Wildman–Crippen MR) is 123 cm³/mol. The number of aromatic nitrogens is 2. The van der Waals surface area contributed by atoms with Gasteiger partial charge in [-0.2, -0.15) is 0 Å². The first-order valence-electron chi connectivity index (χ1n) is 10.4. The van der Waals surface area contributed by atoms with Gasteiger partial charge in [0.05, 0.1) is 32.7 Å². The fraction of sp³-hybridized carbons (Fsp3) is 0.208. The predicted octanol–water partition coefficient (Wildman–Crippen LogP) is 3.44. The van der Waals surface area contributed by atoms with E-state index >= 15 is 0 Å². The summed E-state index contributed by atoms with van der Waals surface area (Å²) in [5, 5.41) is 0. The smallest absolute Gasteiger partial charge is 0.276 e. The number of carbonyl (C=O) groups excluding carboxylic acids is 1. The summed E-state index contributed by atoms with van der Waals surface area (Å²) in [5.74, 6) is 2.39. The zero-order valence-corrected chi connectivity index (χ0v) is 18.3. The van der Waals surface area contributed by atoms with Gasteiger partial charge in [0.2, 0.25) is 0 Å². The minimum absolute atomic E-state index is 0.0113. The summed E-state index contributed by atoms with van der Waals surface area (Å²) in [7, 11) is 3.13. The highest BCUT2D eigenvalue weighted by atomic mass is 16.5. The number of para-hydroxylation sites is 1. The third-order valence-corrected chi connectivity index (χ3v) is 5.72. The van der Waals surface area contributed by atoms with Crippen molar-refractivity contribution < 1.29 is 19.0 Å². The van der Waals surface area contributed by atoms with Gasteiger partial charge in [-0.25, -0.2) is 9.97 Å². The summed E-state index contributed by atoms with van der Waals surface area (Å²) in [4.78, 5) is 25.6. The van der Waals surface area contributed by atoms with Gasteiger partial charge >= 0.3 is 0 Å². The molecule has 4 heterocycles. The van der Waals surface area contributed by atoms with Crippen LogP contribution in [0.2, 0.25) is 0 Å². The van der Waals surface area contributed by atoms with E-state index in [0.29, 0.717) is 35.4 Å². The normalized spacial score (nSPS) is 16.5. The molecule has 1 aromatic carbocycles. The Morgan fingerprint density at radius 3 is 2.52 bits per heavy atom. The second-order valence-corrected chi connectivity index (χ2v) is 7.72. The van der Waals surface area contributed by atoms with E-state index < -0.39 is 0 Å². The molecule has 2 N–H and O–H groups in total. The van der Waals surface area contributed by atoms with Crippen molar-refractivity contribution >= 4 is 17.4 Å². The van der Waals surface area contributed by atoms with Crippen LogP contribution in [-0.4, -0.2) is 47.6 Å². The fourth-order valence-electron chi connectivity index (χ4n) is 4.13. The van der Waals surface area contributed by atoms with Crippen LogP contribution < -0.4 is 24.8 Å². The molecule has 5 rings (SSSR count). The van der Waals surface area contributed by atoms with Crippen LogP contribution in [0, 0.1) is 0 Å². The van der Waals surface area contributed by atoms with E-state index in [2.05, 4.69) is 14.9 Å². The van der Waals surface area contributed by atoms with Crippen LogP contribution in [-0.2, 0) is 0 Å². The number of ether oxygens (including phenoxy) is 3. The molecular weight excluding hydrogens is 422 g/mol. The van der Waals surface area contributed by atoms with Crippen molar-refractivity contribution in [2.24, 2.45) is 0 Å². The Bertz CT molecular complexity index is 1230. The third-order valence-electron chi connectivity index (χ3n) is 5.72. The van der Waals surface area contributed by atoms with E-state index in [-0.39, 0.29) is 17.6 Å².